The molecule has 0 aliphatic heterocycles. The first kappa shape index (κ1) is 24.0. The minimum Gasteiger partial charge on any atom is -0.507 e. The number of primary amides is 1. The molecule has 5 rings (SSSR count). The molecule has 3 aliphatic carbocycles. The molecule has 2 unspecified atom stereocenters. The molecule has 0 spiro atoms. The van der Waals surface area contributed by atoms with Crippen LogP contribution in [0.4, 0.5) is 0 Å². The van der Waals surface area contributed by atoms with Gasteiger partial charge in [0.05, 0.1) is 17.5 Å². The Morgan fingerprint density at radius 3 is 2.36 bits per heavy atom. The summed E-state index contributed by atoms with van der Waals surface area (Å²) in [5, 5.41) is 22.2. The Labute approximate surface area is 206 Å². The Bertz CT molecular complexity index is 1340. The van der Waals surface area contributed by atoms with Crippen LogP contribution in [0.5, 0.6) is 5.75 Å². The van der Waals surface area contributed by atoms with Gasteiger partial charge in [0.15, 0.2) is 34.7 Å². The molecule has 6 atom stereocenters. The number of benzene rings is 1. The molecule has 10 nitrogen and oxygen atoms in total. The number of phenols is 1. The maximum atomic E-state index is 13.8. The van der Waals surface area contributed by atoms with Gasteiger partial charge < -0.3 is 15.9 Å². The number of amides is 1. The number of aromatic nitrogens is 1. The lowest BCUT2D eigenvalue weighted by Gasteiger charge is -2.52. The fourth-order valence-corrected chi connectivity index (χ4v) is 6.41. The van der Waals surface area contributed by atoms with Crippen LogP contribution in [0.1, 0.15) is 22.3 Å². The van der Waals surface area contributed by atoms with Crippen molar-refractivity contribution in [3.05, 3.63) is 47.8 Å². The predicted octanol–water partition coefficient (Wildman–Crippen LogP) is -0.0710. The number of hydrogen-bond donors (Lipinski definition) is 3. The molecule has 4 N–H and O–H groups in total. The minimum atomic E-state index is -2.73. The largest absolute Gasteiger partial charge is 0.507 e. The smallest absolute Gasteiger partial charge is 0.235 e. The van der Waals surface area contributed by atoms with Gasteiger partial charge in [-0.1, -0.05) is 6.07 Å². The maximum Gasteiger partial charge on any atom is 0.235 e. The first-order valence-electron chi connectivity index (χ1n) is 11.6. The Kier molecular flexibility index (Phi) is 5.42. The van der Waals surface area contributed by atoms with Crippen LogP contribution in [-0.2, 0) is 25.6 Å². The standard InChI is InChI=1S/C26H25N3O7/c1-29(2)20-15-10-12-9-14-13(11-5-7-28-8-6-11)3-4-16(30)18(14)21(31)17(12)23(33)26(15,36)24(34)19(22(20)32)25(27)35/h3-8,12,15,17,19-20,30,36H,9-10H2,1-2H3,(H2,27,35)/t12-,15-,17?,19?,20-,26-/m0/s1. The summed E-state index contributed by atoms with van der Waals surface area (Å²) in [6.45, 7) is 0. The number of pyridine rings is 1. The predicted molar refractivity (Wildman–Crippen MR) is 125 cm³/mol. The van der Waals surface area contributed by atoms with Gasteiger partial charge in [-0.05, 0) is 67.7 Å². The Balaban J connectivity index is 1.66. The normalized spacial score (nSPS) is 31.6. The monoisotopic (exact) mass is 491 g/mol. The second kappa shape index (κ2) is 8.14. The molecule has 1 aromatic heterocycles. The van der Waals surface area contributed by atoms with E-state index in [1.807, 2.05) is 0 Å². The van der Waals surface area contributed by atoms with Gasteiger partial charge in [-0.2, -0.15) is 0 Å². The van der Waals surface area contributed by atoms with Crippen molar-refractivity contribution in [2.45, 2.75) is 24.5 Å². The zero-order valence-corrected chi connectivity index (χ0v) is 19.7. The van der Waals surface area contributed by atoms with Crippen molar-refractivity contribution in [3.8, 4) is 16.9 Å². The molecular formula is C26H25N3O7. The number of rotatable bonds is 3. The van der Waals surface area contributed by atoms with E-state index in [4.69, 9.17) is 5.73 Å². The summed E-state index contributed by atoms with van der Waals surface area (Å²) < 4.78 is 0. The van der Waals surface area contributed by atoms with E-state index < -0.39 is 64.4 Å². The van der Waals surface area contributed by atoms with Gasteiger partial charge in [-0.15, -0.1) is 0 Å². The van der Waals surface area contributed by atoms with Crippen LogP contribution in [-0.4, -0.2) is 74.9 Å². The van der Waals surface area contributed by atoms with Gasteiger partial charge in [-0.25, -0.2) is 0 Å². The van der Waals surface area contributed by atoms with Crippen LogP contribution in [0.15, 0.2) is 36.7 Å². The number of carbonyl (C=O) groups is 5. The van der Waals surface area contributed by atoms with E-state index in [0.29, 0.717) is 11.1 Å². The number of nitrogens with zero attached hydrogens (tertiary/aromatic N) is 2. The van der Waals surface area contributed by atoms with Gasteiger partial charge in [0.25, 0.3) is 0 Å². The van der Waals surface area contributed by atoms with Crippen LogP contribution in [0.25, 0.3) is 11.1 Å². The van der Waals surface area contributed by atoms with Crippen molar-refractivity contribution in [3.63, 3.8) is 0 Å². The molecule has 186 valence electrons. The number of likely N-dealkylation sites (N-methyl/N-ethyl adjacent to an activating group) is 1. The summed E-state index contributed by atoms with van der Waals surface area (Å²) in [6, 6.07) is 5.45. The average molecular weight is 492 g/mol. The number of ketones is 4. The number of phenolic OH excluding ortho intramolecular Hbond substituents is 1. The van der Waals surface area contributed by atoms with Crippen LogP contribution in [0.3, 0.4) is 0 Å². The molecule has 3 aliphatic rings. The lowest BCUT2D eigenvalue weighted by molar-refractivity contribution is -0.181. The third-order valence-corrected chi connectivity index (χ3v) is 7.94. The lowest BCUT2D eigenvalue weighted by Crippen LogP contribution is -2.74. The molecule has 0 saturated heterocycles. The number of aliphatic hydroxyl groups is 1. The number of Topliss-reactive ketones (excluding diaryl/α,β-unsaturated/α-hetero) is 4. The van der Waals surface area contributed by atoms with Gasteiger partial charge >= 0.3 is 0 Å². The number of fused-ring (bicyclic) bond motifs is 3. The Morgan fingerprint density at radius 1 is 1.08 bits per heavy atom. The molecule has 10 heteroatoms. The highest BCUT2D eigenvalue weighted by molar-refractivity contribution is 6.32. The lowest BCUT2D eigenvalue weighted by atomic mass is 9.52. The van der Waals surface area contributed by atoms with E-state index in [1.165, 1.54) is 11.0 Å². The summed E-state index contributed by atoms with van der Waals surface area (Å²) >= 11 is 0. The number of nitrogens with two attached hydrogens (primary N) is 1. The van der Waals surface area contributed by atoms with E-state index in [1.54, 1.807) is 44.7 Å². The first-order chi connectivity index (χ1) is 17.0. The average Bonchev–Trinajstić information content (AvgIpc) is 2.81. The fourth-order valence-electron chi connectivity index (χ4n) is 6.41. The van der Waals surface area contributed by atoms with E-state index in [0.717, 1.165) is 5.56 Å². The van der Waals surface area contributed by atoms with Crippen molar-refractivity contribution in [1.29, 1.82) is 0 Å². The highest BCUT2D eigenvalue weighted by atomic mass is 16.3. The molecule has 0 bridgehead atoms. The zero-order chi connectivity index (χ0) is 26.1. The molecular weight excluding hydrogens is 466 g/mol. The first-order valence-corrected chi connectivity index (χ1v) is 11.6. The number of carbonyl (C=O) groups excluding carboxylic acids is 5. The van der Waals surface area contributed by atoms with Gasteiger partial charge in [0.2, 0.25) is 5.91 Å². The topological polar surface area (TPSA) is 168 Å². The quantitative estimate of drug-likeness (QED) is 0.498. The van der Waals surface area contributed by atoms with Crippen LogP contribution >= 0.6 is 0 Å². The highest BCUT2D eigenvalue weighted by Crippen LogP contribution is 2.51. The molecule has 1 aromatic carbocycles. The highest BCUT2D eigenvalue weighted by Gasteiger charge is 2.69. The third kappa shape index (κ3) is 3.11. The molecule has 2 fully saturated rings. The van der Waals surface area contributed by atoms with E-state index >= 15 is 0 Å². The van der Waals surface area contributed by atoms with Gasteiger partial charge in [-0.3, -0.25) is 33.9 Å². The van der Waals surface area contributed by atoms with Gasteiger partial charge in [0, 0.05) is 18.3 Å². The van der Waals surface area contributed by atoms with Crippen LogP contribution < -0.4 is 5.73 Å². The zero-order valence-electron chi connectivity index (χ0n) is 19.7. The summed E-state index contributed by atoms with van der Waals surface area (Å²) in [5.41, 5.74) is 4.58. The summed E-state index contributed by atoms with van der Waals surface area (Å²) in [4.78, 5) is 71.4. The number of aromatic hydroxyl groups is 1. The Hall–Kier alpha value is -3.76. The minimum absolute atomic E-state index is 0.00926. The fraction of sp³-hybridized carbons (Fsp3) is 0.385. The third-order valence-electron chi connectivity index (χ3n) is 7.94. The van der Waals surface area contributed by atoms with Crippen molar-refractivity contribution in [2.24, 2.45) is 29.4 Å². The summed E-state index contributed by atoms with van der Waals surface area (Å²) in [7, 11) is 3.10. The second-order valence-electron chi connectivity index (χ2n) is 10.0. The summed E-state index contributed by atoms with van der Waals surface area (Å²) in [5.74, 6) is -10.5. The molecule has 1 heterocycles. The molecule has 1 amide bonds. The molecule has 36 heavy (non-hydrogen) atoms. The second-order valence-corrected chi connectivity index (χ2v) is 10.0. The number of hydrogen-bond acceptors (Lipinski definition) is 9. The molecule has 2 saturated carbocycles. The van der Waals surface area contributed by atoms with Crippen molar-refractivity contribution < 1.29 is 34.2 Å². The summed E-state index contributed by atoms with van der Waals surface area (Å²) in [6.07, 6.45) is 3.41. The van der Waals surface area contributed by atoms with Gasteiger partial charge in [0.1, 0.15) is 5.75 Å². The molecule has 2 aromatic rings. The molecule has 0 radical (unpaired) electrons. The Morgan fingerprint density at radius 2 is 1.75 bits per heavy atom. The van der Waals surface area contributed by atoms with Crippen LogP contribution in [0.2, 0.25) is 0 Å². The van der Waals surface area contributed by atoms with E-state index in [9.17, 15) is 34.2 Å². The van der Waals surface area contributed by atoms with Crippen molar-refractivity contribution in [1.82, 2.24) is 9.88 Å². The van der Waals surface area contributed by atoms with Crippen LogP contribution in [0, 0.1) is 23.7 Å². The van der Waals surface area contributed by atoms with Crippen molar-refractivity contribution >= 4 is 29.0 Å². The van der Waals surface area contributed by atoms with E-state index in [2.05, 4.69) is 4.98 Å². The van der Waals surface area contributed by atoms with Crippen molar-refractivity contribution in [2.75, 3.05) is 14.1 Å². The maximum absolute atomic E-state index is 13.8. The van der Waals surface area contributed by atoms with E-state index in [-0.39, 0.29) is 24.2 Å². The SMILES string of the molecule is CN(C)[C@@H]1C(=O)C(C(N)=O)C(=O)[C@@]2(O)C(=O)C3C(=O)c4c(O)ccc(-c5ccncc5)c4C[C@H]3C[C@@H]12.